The van der Waals surface area contributed by atoms with Crippen molar-refractivity contribution in [1.82, 2.24) is 19.6 Å². The Labute approximate surface area is 206 Å². The van der Waals surface area contributed by atoms with Crippen molar-refractivity contribution in [3.8, 4) is 0 Å². The molecule has 4 rings (SSSR count). The lowest BCUT2D eigenvalue weighted by Gasteiger charge is -2.34. The molecule has 1 aliphatic rings. The number of anilines is 2. The second-order valence-electron chi connectivity index (χ2n) is 7.96. The molecular formula is C23H23F3N6O3S. The number of rotatable bonds is 6. The van der Waals surface area contributed by atoms with E-state index >= 15 is 0 Å². The van der Waals surface area contributed by atoms with Gasteiger partial charge in [0.2, 0.25) is 10.0 Å². The number of halogens is 3. The Bertz CT molecular complexity index is 1300. The van der Waals surface area contributed by atoms with Gasteiger partial charge in [0.25, 0.3) is 0 Å². The zero-order valence-electron chi connectivity index (χ0n) is 18.9. The first kappa shape index (κ1) is 25.4. The van der Waals surface area contributed by atoms with Gasteiger partial charge < -0.3 is 15.5 Å². The first-order chi connectivity index (χ1) is 17.1. The molecule has 0 saturated carbocycles. The van der Waals surface area contributed by atoms with E-state index in [2.05, 4.69) is 20.6 Å². The van der Waals surface area contributed by atoms with E-state index < -0.39 is 27.9 Å². The topological polar surface area (TPSA) is 108 Å². The van der Waals surface area contributed by atoms with E-state index in [9.17, 15) is 26.4 Å². The minimum atomic E-state index is -4.55. The van der Waals surface area contributed by atoms with E-state index in [1.165, 1.54) is 40.7 Å². The Morgan fingerprint density at radius 2 is 1.69 bits per heavy atom. The Hall–Kier alpha value is -3.71. The van der Waals surface area contributed by atoms with Crippen LogP contribution in [0.5, 0.6) is 0 Å². The molecule has 0 atom stereocenters. The summed E-state index contributed by atoms with van der Waals surface area (Å²) in [4.78, 5) is 21.4. The molecule has 9 nitrogen and oxygen atoms in total. The van der Waals surface area contributed by atoms with E-state index in [0.29, 0.717) is 5.69 Å². The van der Waals surface area contributed by atoms with Crippen LogP contribution in [-0.4, -0.2) is 54.9 Å². The van der Waals surface area contributed by atoms with Crippen LogP contribution in [0.4, 0.5) is 29.5 Å². The zero-order chi connectivity index (χ0) is 25.8. The summed E-state index contributed by atoms with van der Waals surface area (Å²) >= 11 is 0. The number of sulfonamides is 1. The average molecular weight is 521 g/mol. The molecule has 1 saturated heterocycles. The Kier molecular flexibility index (Phi) is 7.40. The number of amides is 2. The van der Waals surface area contributed by atoms with Crippen molar-refractivity contribution >= 4 is 27.6 Å². The molecule has 2 amide bonds. The second-order valence-corrected chi connectivity index (χ2v) is 9.90. The van der Waals surface area contributed by atoms with Crippen molar-refractivity contribution in [2.45, 2.75) is 17.6 Å². The minimum absolute atomic E-state index is 0.0504. The number of nitrogens with zero attached hydrogens (tertiary/aromatic N) is 4. The van der Waals surface area contributed by atoms with Crippen molar-refractivity contribution in [1.29, 1.82) is 0 Å². The molecule has 0 radical (unpaired) electrons. The molecule has 1 fully saturated rings. The zero-order valence-corrected chi connectivity index (χ0v) is 19.8. The number of aromatic nitrogens is 2. The van der Waals surface area contributed by atoms with Gasteiger partial charge in [-0.25, -0.2) is 18.2 Å². The van der Waals surface area contributed by atoms with Crippen LogP contribution in [0.3, 0.4) is 0 Å². The summed E-state index contributed by atoms with van der Waals surface area (Å²) in [6.07, 6.45) is -1.29. The molecule has 0 aliphatic carbocycles. The molecule has 3 aromatic rings. The van der Waals surface area contributed by atoms with E-state index in [1.807, 2.05) is 6.07 Å². The van der Waals surface area contributed by atoms with Gasteiger partial charge in [-0.05, 0) is 48.0 Å². The third kappa shape index (κ3) is 6.10. The Morgan fingerprint density at radius 3 is 2.33 bits per heavy atom. The summed E-state index contributed by atoms with van der Waals surface area (Å²) in [5.74, 6) is 0.152. The SMILES string of the molecule is O=C(NCc1cccnc1)Nc1ccc(S(=O)(=O)N2CCN(c3cccc(C(F)(F)F)n3)CC2)cc1. The van der Waals surface area contributed by atoms with E-state index in [1.54, 1.807) is 23.4 Å². The van der Waals surface area contributed by atoms with Crippen molar-refractivity contribution < 1.29 is 26.4 Å². The number of pyridine rings is 2. The molecule has 1 aliphatic heterocycles. The number of hydrogen-bond donors (Lipinski definition) is 2. The minimum Gasteiger partial charge on any atom is -0.354 e. The third-order valence-corrected chi connectivity index (χ3v) is 7.43. The molecule has 190 valence electrons. The predicted octanol–water partition coefficient (Wildman–Crippen LogP) is 3.33. The monoisotopic (exact) mass is 520 g/mol. The molecule has 2 N–H and O–H groups in total. The number of carbonyl (C=O) groups excluding carboxylic acids is 1. The van der Waals surface area contributed by atoms with Gasteiger partial charge in [-0.15, -0.1) is 0 Å². The first-order valence-corrected chi connectivity index (χ1v) is 12.4. The molecule has 1 aromatic carbocycles. The van der Waals surface area contributed by atoms with Crippen LogP contribution in [0.2, 0.25) is 0 Å². The quantitative estimate of drug-likeness (QED) is 0.517. The standard InChI is InChI=1S/C23H23F3N6O3S/c24-23(25,26)20-4-1-5-21(30-20)31-11-13-32(14-12-31)36(34,35)19-8-6-18(7-9-19)29-22(33)28-16-17-3-2-10-27-15-17/h1-10,15H,11-14,16H2,(H2,28,29,33). The highest BCUT2D eigenvalue weighted by molar-refractivity contribution is 7.89. The summed E-state index contributed by atoms with van der Waals surface area (Å²) in [7, 11) is -3.82. The van der Waals surface area contributed by atoms with Crippen LogP contribution in [0, 0.1) is 0 Å². The van der Waals surface area contributed by atoms with Gasteiger partial charge in [-0.3, -0.25) is 4.98 Å². The van der Waals surface area contributed by atoms with Gasteiger partial charge in [0.15, 0.2) is 0 Å². The molecule has 0 bridgehead atoms. The Balaban J connectivity index is 1.33. The fraction of sp³-hybridized carbons (Fsp3) is 0.261. The highest BCUT2D eigenvalue weighted by Crippen LogP contribution is 2.29. The molecule has 13 heteroatoms. The van der Waals surface area contributed by atoms with Crippen molar-refractivity contribution in [2.75, 3.05) is 36.4 Å². The lowest BCUT2D eigenvalue weighted by molar-refractivity contribution is -0.141. The van der Waals surface area contributed by atoms with Gasteiger partial charge in [0, 0.05) is 50.8 Å². The van der Waals surface area contributed by atoms with Crippen molar-refractivity contribution in [3.63, 3.8) is 0 Å². The fourth-order valence-corrected chi connectivity index (χ4v) is 5.06. The van der Waals surface area contributed by atoms with Crippen LogP contribution in [0.25, 0.3) is 0 Å². The number of urea groups is 1. The van der Waals surface area contributed by atoms with Crippen molar-refractivity contribution in [3.05, 3.63) is 78.2 Å². The molecule has 3 heterocycles. The van der Waals surface area contributed by atoms with Crippen LogP contribution in [0.15, 0.2) is 71.9 Å². The van der Waals surface area contributed by atoms with Crippen LogP contribution >= 0.6 is 0 Å². The summed E-state index contributed by atoms with van der Waals surface area (Å²) in [6, 6.07) is 12.5. The highest BCUT2D eigenvalue weighted by Gasteiger charge is 2.34. The van der Waals surface area contributed by atoms with Gasteiger partial charge >= 0.3 is 12.2 Å². The average Bonchev–Trinajstić information content (AvgIpc) is 2.88. The maximum Gasteiger partial charge on any atom is 0.433 e. The van der Waals surface area contributed by atoms with Crippen LogP contribution in [0.1, 0.15) is 11.3 Å². The molecular weight excluding hydrogens is 497 g/mol. The summed E-state index contributed by atoms with van der Waals surface area (Å²) in [6.45, 7) is 0.872. The lowest BCUT2D eigenvalue weighted by atomic mass is 10.3. The van der Waals surface area contributed by atoms with Gasteiger partial charge in [-0.1, -0.05) is 12.1 Å². The maximum atomic E-state index is 13.0. The largest absolute Gasteiger partial charge is 0.433 e. The van der Waals surface area contributed by atoms with E-state index in [4.69, 9.17) is 0 Å². The Morgan fingerprint density at radius 1 is 0.972 bits per heavy atom. The van der Waals surface area contributed by atoms with Crippen LogP contribution in [-0.2, 0) is 22.7 Å². The van der Waals surface area contributed by atoms with Crippen molar-refractivity contribution in [2.24, 2.45) is 0 Å². The number of piperazine rings is 1. The third-order valence-electron chi connectivity index (χ3n) is 5.51. The first-order valence-electron chi connectivity index (χ1n) is 11.0. The molecule has 2 aromatic heterocycles. The van der Waals surface area contributed by atoms with E-state index in [-0.39, 0.29) is 43.4 Å². The number of hydrogen-bond acceptors (Lipinski definition) is 6. The van der Waals surface area contributed by atoms with Gasteiger partial charge in [0.1, 0.15) is 11.5 Å². The predicted molar refractivity (Wildman–Crippen MR) is 127 cm³/mol. The van der Waals surface area contributed by atoms with Gasteiger partial charge in [-0.2, -0.15) is 17.5 Å². The number of nitrogens with one attached hydrogen (secondary N) is 2. The molecule has 36 heavy (non-hydrogen) atoms. The van der Waals surface area contributed by atoms with Gasteiger partial charge in [0.05, 0.1) is 4.90 Å². The summed E-state index contributed by atoms with van der Waals surface area (Å²) in [5.41, 5.74) is 0.255. The highest BCUT2D eigenvalue weighted by atomic mass is 32.2. The number of benzene rings is 1. The maximum absolute atomic E-state index is 13.0. The van der Waals surface area contributed by atoms with Crippen LogP contribution < -0.4 is 15.5 Å². The normalized spacial score (nSPS) is 14.9. The summed E-state index contributed by atoms with van der Waals surface area (Å²) < 4.78 is 66.2. The van der Waals surface area contributed by atoms with E-state index in [0.717, 1.165) is 11.6 Å². The fourth-order valence-electron chi connectivity index (χ4n) is 3.63. The smallest absolute Gasteiger partial charge is 0.354 e. The lowest BCUT2D eigenvalue weighted by Crippen LogP contribution is -2.49. The second kappa shape index (κ2) is 10.5. The molecule has 0 unspecified atom stereocenters. The number of alkyl halides is 3. The summed E-state index contributed by atoms with van der Waals surface area (Å²) in [5, 5.41) is 5.32. The molecule has 0 spiro atoms. The number of carbonyl (C=O) groups is 1.